The van der Waals surface area contributed by atoms with Crippen LogP contribution in [-0.4, -0.2) is 83.6 Å². The Balaban J connectivity index is 0.000000166. The summed E-state index contributed by atoms with van der Waals surface area (Å²) in [5, 5.41) is 22.9. The van der Waals surface area contributed by atoms with Crippen LogP contribution in [0.3, 0.4) is 0 Å². The molecule has 1 fully saturated rings. The van der Waals surface area contributed by atoms with E-state index in [1.54, 1.807) is 18.2 Å². The van der Waals surface area contributed by atoms with E-state index in [4.69, 9.17) is 70.7 Å². The maximum absolute atomic E-state index is 11.6. The summed E-state index contributed by atoms with van der Waals surface area (Å²) in [6, 6.07) is 41.9. The lowest BCUT2D eigenvalue weighted by atomic mass is 10.1. The van der Waals surface area contributed by atoms with Gasteiger partial charge in [0, 0.05) is 45.5 Å². The Morgan fingerprint density at radius 1 is 0.445 bits per heavy atom. The van der Waals surface area contributed by atoms with Gasteiger partial charge in [-0.2, -0.15) is 0 Å². The Morgan fingerprint density at radius 2 is 0.773 bits per heavy atom. The number of aliphatic hydroxyl groups is 1. The van der Waals surface area contributed by atoms with Gasteiger partial charge < -0.3 is 69.0 Å². The van der Waals surface area contributed by atoms with Gasteiger partial charge in [0.2, 0.25) is 11.5 Å². The summed E-state index contributed by atoms with van der Waals surface area (Å²) in [7, 11) is -6.71. The second-order valence-electron chi connectivity index (χ2n) is 36.2. The SMILES string of the molecule is C=C1Cc2cccc(O[Si](C)(C)C(C)(C)C)c2O1.CC(C)(C)[Si](C)(C)Oc1cccc2c1OC1(CC1)C2.CC(C)(C)[Si](C)(C)Oc1cccc2cc(CCl)oc12.CC(C)(C)[Si](C)(C)Oc1cccc2cc(CO)oc12.COC(=O)c1cc2cccc(O)c2o1.COC(=O)c1cc2cccc(O[Si](C)(C)C(C)(C)C)c2o1. The average molecular weight is 1610 g/mol. The standard InChI is InChI=1S/C16H22O4Si.C16H24O2Si.C15H21ClO2Si.C15H22O3Si.C15H22O2Si.C10H8O4/c1-16(2,3)21(5,6)20-12-9-7-8-11-10-13(15(17)18-4)19-14(11)12;1-15(2,3)19(4,5)18-13-8-6-7-12-11-16(9-10-16)17-14(12)13;2*1-15(2,3)19(4,5)18-13-8-6-7-11-9-12(10-16)17-14(11)13;1-11-10-12-8-7-9-13(14(12)16-11)17-18(5,6)15(2,3)4;1-13-10(12)8-5-6-3-2-4-7(11)9(6)14-8/h7-10H,1-6H3;6-8H,9-11H2,1-5H3;6-9H,10H2,1-5H3;6-9,16H,10H2,1-5H3;7-9H,1,10H2,2-6H3;2-5,11H,1H3. The number of carbonyl (C=O) groups is 2. The van der Waals surface area contributed by atoms with Crippen LogP contribution < -0.4 is 31.6 Å². The lowest BCUT2D eigenvalue weighted by Crippen LogP contribution is -2.43. The van der Waals surface area contributed by atoms with Crippen molar-refractivity contribution in [3.8, 4) is 46.0 Å². The second kappa shape index (κ2) is 33.3. The molecule has 1 aliphatic carbocycles. The fraction of sp³-hybridized carbons (Fsp3) is 0.448. The van der Waals surface area contributed by atoms with E-state index in [9.17, 15) is 14.7 Å². The van der Waals surface area contributed by atoms with Crippen LogP contribution in [0, 0.1) is 0 Å². The van der Waals surface area contributed by atoms with E-state index in [1.807, 2.05) is 78.9 Å². The van der Waals surface area contributed by atoms with Crippen molar-refractivity contribution >= 4 is 109 Å². The molecular weight excluding hydrogens is 1490 g/mol. The highest BCUT2D eigenvalue weighted by Crippen LogP contribution is 2.54. The quantitative estimate of drug-likeness (QED) is 0.0589. The number of carbonyl (C=O) groups excluding carboxylic acids is 2. The molecule has 596 valence electrons. The predicted molar refractivity (Wildman–Crippen MR) is 456 cm³/mol. The highest BCUT2D eigenvalue weighted by molar-refractivity contribution is 6.76. The molecule has 2 N–H and O–H groups in total. The summed E-state index contributed by atoms with van der Waals surface area (Å²) < 4.78 is 75.0. The first kappa shape index (κ1) is 87.5. The fourth-order valence-corrected chi connectivity index (χ4v) is 15.6. The average Bonchev–Trinajstić information content (AvgIpc) is 1.58. The molecule has 4 aromatic heterocycles. The number of phenolic OH excluding ortho intramolecular Hbond substituents is 1. The molecule has 3 aliphatic rings. The van der Waals surface area contributed by atoms with E-state index in [-0.39, 0.29) is 54.7 Å². The van der Waals surface area contributed by atoms with Gasteiger partial charge in [0.15, 0.2) is 39.6 Å². The third-order valence-corrected chi connectivity index (χ3v) is 44.4. The van der Waals surface area contributed by atoms with Gasteiger partial charge in [-0.3, -0.25) is 0 Å². The maximum Gasteiger partial charge on any atom is 0.373 e. The number of methoxy groups -OCH3 is 2. The molecule has 0 atom stereocenters. The van der Waals surface area contributed by atoms with E-state index < -0.39 is 53.5 Å². The number of aliphatic hydroxyl groups excluding tert-OH is 1. The number of halogens is 1. The van der Waals surface area contributed by atoms with Gasteiger partial charge in [-0.25, -0.2) is 9.59 Å². The number of hydrogen-bond donors (Lipinski definition) is 2. The fourth-order valence-electron chi connectivity index (χ4n) is 10.4. The summed E-state index contributed by atoms with van der Waals surface area (Å²) in [5.41, 5.74) is 5.08. The molecule has 17 nitrogen and oxygen atoms in total. The molecule has 6 aromatic carbocycles. The van der Waals surface area contributed by atoms with Crippen molar-refractivity contribution in [2.24, 2.45) is 0 Å². The topological polar surface area (TPSA) is 210 Å². The van der Waals surface area contributed by atoms with Gasteiger partial charge in [-0.1, -0.05) is 183 Å². The van der Waals surface area contributed by atoms with Crippen molar-refractivity contribution in [2.75, 3.05) is 14.2 Å². The first-order valence-corrected chi connectivity index (χ1v) is 52.7. The minimum atomic E-state index is -1.97. The molecule has 0 bridgehead atoms. The summed E-state index contributed by atoms with van der Waals surface area (Å²) in [6.45, 7) is 59.5. The maximum atomic E-state index is 11.6. The van der Waals surface area contributed by atoms with Gasteiger partial charge in [-0.15, -0.1) is 11.6 Å². The van der Waals surface area contributed by atoms with Crippen molar-refractivity contribution in [3.63, 3.8) is 0 Å². The summed E-state index contributed by atoms with van der Waals surface area (Å²) in [5.74, 6) is 7.82. The van der Waals surface area contributed by atoms with Crippen LogP contribution in [-0.2, 0) is 34.8 Å². The van der Waals surface area contributed by atoms with Gasteiger partial charge >= 0.3 is 11.9 Å². The first-order valence-electron chi connectivity index (χ1n) is 37.6. The minimum Gasteiger partial charge on any atom is -0.541 e. The molecule has 2 aliphatic heterocycles. The Labute approximate surface area is 661 Å². The van der Waals surface area contributed by atoms with Crippen molar-refractivity contribution in [1.29, 1.82) is 0 Å². The Kier molecular flexibility index (Phi) is 26.5. The molecule has 0 unspecified atom stereocenters. The Hall–Kier alpha value is -8.11. The number of ether oxygens (including phenoxy) is 4. The summed E-state index contributed by atoms with van der Waals surface area (Å²) >= 11 is 5.83. The first-order chi connectivity index (χ1) is 50.8. The van der Waals surface area contributed by atoms with Crippen LogP contribution in [0.1, 0.15) is 160 Å². The molecule has 110 heavy (non-hydrogen) atoms. The molecule has 1 saturated carbocycles. The minimum absolute atomic E-state index is 0.0117. The number of rotatable bonds is 14. The van der Waals surface area contributed by atoms with Crippen molar-refractivity contribution in [1.82, 2.24) is 0 Å². The number of phenols is 1. The zero-order valence-corrected chi connectivity index (χ0v) is 75.8. The van der Waals surface area contributed by atoms with E-state index in [0.29, 0.717) is 33.9 Å². The largest absolute Gasteiger partial charge is 0.541 e. The lowest BCUT2D eigenvalue weighted by molar-refractivity contribution is 0.0559. The van der Waals surface area contributed by atoms with Crippen molar-refractivity contribution in [2.45, 2.75) is 238 Å². The third-order valence-electron chi connectivity index (χ3n) is 22.5. The predicted octanol–water partition coefficient (Wildman–Crippen LogP) is 25.5. The summed E-state index contributed by atoms with van der Waals surface area (Å²) in [4.78, 5) is 22.7. The molecule has 10 aromatic rings. The zero-order valence-electron chi connectivity index (χ0n) is 70.0. The number of esters is 2. The van der Waals surface area contributed by atoms with E-state index in [1.165, 1.54) is 50.3 Å². The Morgan fingerprint density at radius 3 is 1.15 bits per heavy atom. The third kappa shape index (κ3) is 20.8. The number of allylic oxidation sites excluding steroid dienone is 1. The lowest BCUT2D eigenvalue weighted by Gasteiger charge is -2.36. The number of para-hydroxylation sites is 6. The van der Waals surface area contributed by atoms with Crippen molar-refractivity contribution < 1.29 is 78.5 Å². The molecule has 0 radical (unpaired) electrons. The molecule has 1 spiro atoms. The highest BCUT2D eigenvalue weighted by atomic mass is 35.5. The van der Waals surface area contributed by atoms with E-state index in [2.05, 4.69) is 205 Å². The molecular formula is C87H119ClO17Si5. The van der Waals surface area contributed by atoms with Crippen LogP contribution in [0.5, 0.6) is 46.0 Å². The number of benzene rings is 6. The van der Waals surface area contributed by atoms with E-state index >= 15 is 0 Å². The molecule has 23 heteroatoms. The molecule has 6 heterocycles. The van der Waals surface area contributed by atoms with Gasteiger partial charge in [0.1, 0.15) is 58.2 Å². The molecule has 0 saturated heterocycles. The van der Waals surface area contributed by atoms with Crippen molar-refractivity contribution in [3.05, 3.63) is 180 Å². The Bertz CT molecular complexity index is 4770. The number of aromatic hydroxyl groups is 1. The smallest absolute Gasteiger partial charge is 0.373 e. The van der Waals surface area contributed by atoms with Gasteiger partial charge in [0.05, 0.1) is 20.1 Å². The normalized spacial score (nSPS) is 14.1. The number of hydrogen-bond acceptors (Lipinski definition) is 17. The number of furan rings is 4. The zero-order chi connectivity index (χ0) is 81.9. The van der Waals surface area contributed by atoms with Crippen LogP contribution in [0.15, 0.2) is 163 Å². The molecule has 13 rings (SSSR count). The van der Waals surface area contributed by atoms with Gasteiger partial charge in [0.25, 0.3) is 41.6 Å². The monoisotopic (exact) mass is 1610 g/mol. The van der Waals surface area contributed by atoms with Gasteiger partial charge in [-0.05, 0) is 164 Å². The second-order valence-corrected chi connectivity index (χ2v) is 60.1. The number of fused-ring (bicyclic) bond motifs is 6. The van der Waals surface area contributed by atoms with Crippen LogP contribution >= 0.6 is 11.6 Å². The van der Waals surface area contributed by atoms with Crippen LogP contribution in [0.4, 0.5) is 0 Å². The molecule has 0 amide bonds. The van der Waals surface area contributed by atoms with Crippen LogP contribution in [0.25, 0.3) is 43.9 Å². The highest BCUT2D eigenvalue weighted by Gasteiger charge is 2.52. The van der Waals surface area contributed by atoms with E-state index in [0.717, 1.165) is 86.2 Å². The van der Waals surface area contributed by atoms with Crippen LogP contribution in [0.2, 0.25) is 90.7 Å². The number of alkyl halides is 1. The summed E-state index contributed by atoms with van der Waals surface area (Å²) in [6.07, 6.45) is 4.25.